The van der Waals surface area contributed by atoms with Crippen molar-refractivity contribution in [1.29, 1.82) is 0 Å². The van der Waals surface area contributed by atoms with Gasteiger partial charge in [-0.25, -0.2) is 0 Å². The van der Waals surface area contributed by atoms with Gasteiger partial charge in [0.1, 0.15) is 0 Å². The van der Waals surface area contributed by atoms with E-state index in [4.69, 9.17) is 4.52 Å². The van der Waals surface area contributed by atoms with Crippen LogP contribution in [0.25, 0.3) is 17.5 Å². The van der Waals surface area contributed by atoms with Crippen molar-refractivity contribution in [1.82, 2.24) is 15.0 Å². The largest absolute Gasteiger partial charge is 0.339 e. The van der Waals surface area contributed by atoms with Gasteiger partial charge in [-0.05, 0) is 36.6 Å². The molecule has 4 rings (SSSR count). The van der Waals surface area contributed by atoms with Crippen LogP contribution in [0.1, 0.15) is 30.2 Å². The average molecular weight is 404 g/mol. The number of rotatable bonds is 5. The zero-order valence-electron chi connectivity index (χ0n) is 16.2. The number of likely N-dealkylation sites (tertiary alicyclic amines) is 1. The standard InChI is InChI=1S/C22H20N4O4/c27-20(13-10-16-8-11-19(12-9-16)26(28)29)25-14-4-7-18(15-25)22-23-21(24-30-22)17-5-2-1-3-6-17/h1-3,5-6,8-13,18H,4,7,14-15H2/b13-10+/t18-/m1/s1. The molecule has 2 aromatic carbocycles. The van der Waals surface area contributed by atoms with Crippen LogP contribution >= 0.6 is 0 Å². The van der Waals surface area contributed by atoms with Crippen molar-refractivity contribution >= 4 is 17.7 Å². The third-order valence-electron chi connectivity index (χ3n) is 5.08. The normalized spacial score (nSPS) is 16.7. The minimum absolute atomic E-state index is 0.000405. The van der Waals surface area contributed by atoms with Gasteiger partial charge in [-0.1, -0.05) is 35.5 Å². The summed E-state index contributed by atoms with van der Waals surface area (Å²) in [5.74, 6) is 0.985. The van der Waals surface area contributed by atoms with Crippen molar-refractivity contribution in [3.05, 3.63) is 82.2 Å². The van der Waals surface area contributed by atoms with E-state index in [0.29, 0.717) is 24.8 Å². The van der Waals surface area contributed by atoms with Crippen LogP contribution in [0.15, 0.2) is 65.2 Å². The highest BCUT2D eigenvalue weighted by Crippen LogP contribution is 2.27. The van der Waals surface area contributed by atoms with E-state index in [-0.39, 0.29) is 17.5 Å². The Morgan fingerprint density at radius 2 is 1.93 bits per heavy atom. The maximum absolute atomic E-state index is 12.6. The van der Waals surface area contributed by atoms with Gasteiger partial charge in [0.05, 0.1) is 10.8 Å². The Bertz CT molecular complexity index is 1060. The zero-order valence-corrected chi connectivity index (χ0v) is 16.2. The van der Waals surface area contributed by atoms with Crippen LogP contribution in [0.5, 0.6) is 0 Å². The maximum atomic E-state index is 12.6. The molecule has 1 fully saturated rings. The molecule has 1 aliphatic heterocycles. The van der Waals surface area contributed by atoms with E-state index < -0.39 is 4.92 Å². The molecule has 1 saturated heterocycles. The van der Waals surface area contributed by atoms with Gasteiger partial charge in [-0.2, -0.15) is 4.98 Å². The first-order valence-corrected chi connectivity index (χ1v) is 9.70. The van der Waals surface area contributed by atoms with Crippen molar-refractivity contribution in [2.45, 2.75) is 18.8 Å². The molecule has 0 unspecified atom stereocenters. The Morgan fingerprint density at radius 3 is 2.67 bits per heavy atom. The molecule has 0 N–H and O–H groups in total. The number of hydrogen-bond acceptors (Lipinski definition) is 6. The summed E-state index contributed by atoms with van der Waals surface area (Å²) in [6.07, 6.45) is 4.89. The molecular formula is C22H20N4O4. The quantitative estimate of drug-likeness (QED) is 0.361. The topological polar surface area (TPSA) is 102 Å². The first-order valence-electron chi connectivity index (χ1n) is 9.70. The van der Waals surface area contributed by atoms with Gasteiger partial charge in [0.2, 0.25) is 17.6 Å². The van der Waals surface area contributed by atoms with Crippen molar-refractivity contribution in [2.75, 3.05) is 13.1 Å². The fraction of sp³-hybridized carbons (Fsp3) is 0.227. The first kappa shape index (κ1) is 19.5. The lowest BCUT2D eigenvalue weighted by atomic mass is 9.98. The van der Waals surface area contributed by atoms with Crippen molar-refractivity contribution in [3.63, 3.8) is 0 Å². The molecule has 0 spiro atoms. The van der Waals surface area contributed by atoms with E-state index in [0.717, 1.165) is 24.0 Å². The molecule has 0 bridgehead atoms. The lowest BCUT2D eigenvalue weighted by Crippen LogP contribution is -2.38. The van der Waals surface area contributed by atoms with Gasteiger partial charge < -0.3 is 9.42 Å². The monoisotopic (exact) mass is 404 g/mol. The van der Waals surface area contributed by atoms with Crippen molar-refractivity contribution in [2.24, 2.45) is 0 Å². The van der Waals surface area contributed by atoms with E-state index >= 15 is 0 Å². The highest BCUT2D eigenvalue weighted by atomic mass is 16.6. The van der Waals surface area contributed by atoms with Crippen LogP contribution in [-0.4, -0.2) is 39.0 Å². The fourth-order valence-corrected chi connectivity index (χ4v) is 3.46. The van der Waals surface area contributed by atoms with Gasteiger partial charge in [-0.3, -0.25) is 14.9 Å². The smallest absolute Gasteiger partial charge is 0.269 e. The molecule has 1 aliphatic rings. The second-order valence-corrected chi connectivity index (χ2v) is 7.13. The number of amides is 1. The molecule has 0 radical (unpaired) electrons. The first-order chi connectivity index (χ1) is 14.6. The van der Waals surface area contributed by atoms with Crippen LogP contribution in [0.4, 0.5) is 5.69 Å². The molecule has 8 nitrogen and oxygen atoms in total. The summed E-state index contributed by atoms with van der Waals surface area (Å²) in [6, 6.07) is 15.7. The highest BCUT2D eigenvalue weighted by molar-refractivity contribution is 5.91. The van der Waals surface area contributed by atoms with Gasteiger partial charge in [-0.15, -0.1) is 0 Å². The molecule has 0 saturated carbocycles. The van der Waals surface area contributed by atoms with Gasteiger partial charge >= 0.3 is 0 Å². The third-order valence-corrected chi connectivity index (χ3v) is 5.08. The number of non-ortho nitro benzene ring substituents is 1. The number of carbonyl (C=O) groups is 1. The van der Waals surface area contributed by atoms with Crippen molar-refractivity contribution < 1.29 is 14.2 Å². The molecule has 8 heteroatoms. The molecule has 2 heterocycles. The Kier molecular flexibility index (Phi) is 5.65. The number of hydrogen-bond donors (Lipinski definition) is 0. The highest BCUT2D eigenvalue weighted by Gasteiger charge is 2.28. The Morgan fingerprint density at radius 1 is 1.17 bits per heavy atom. The summed E-state index contributed by atoms with van der Waals surface area (Å²) in [4.78, 5) is 29.2. The summed E-state index contributed by atoms with van der Waals surface area (Å²) >= 11 is 0. The predicted octanol–water partition coefficient (Wildman–Crippen LogP) is 4.06. The Labute approximate surface area is 173 Å². The van der Waals surface area contributed by atoms with Gasteiger partial charge in [0.25, 0.3) is 5.69 Å². The molecule has 1 atom stereocenters. The molecule has 1 amide bonds. The van der Waals surface area contributed by atoms with E-state index in [9.17, 15) is 14.9 Å². The molecule has 30 heavy (non-hydrogen) atoms. The van der Waals surface area contributed by atoms with E-state index in [1.165, 1.54) is 18.2 Å². The fourth-order valence-electron chi connectivity index (χ4n) is 3.46. The molecular weight excluding hydrogens is 384 g/mol. The molecule has 1 aromatic heterocycles. The lowest BCUT2D eigenvalue weighted by Gasteiger charge is -2.30. The number of nitro benzene ring substituents is 1. The molecule has 152 valence electrons. The zero-order chi connectivity index (χ0) is 20.9. The lowest BCUT2D eigenvalue weighted by molar-refractivity contribution is -0.384. The summed E-state index contributed by atoms with van der Waals surface area (Å²) < 4.78 is 5.47. The third kappa shape index (κ3) is 4.43. The number of nitrogens with zero attached hydrogens (tertiary/aromatic N) is 4. The van der Waals surface area contributed by atoms with Crippen LogP contribution in [-0.2, 0) is 4.79 Å². The van der Waals surface area contributed by atoms with Crippen LogP contribution in [0, 0.1) is 10.1 Å². The number of piperidine rings is 1. The summed E-state index contributed by atoms with van der Waals surface area (Å²) in [5.41, 5.74) is 1.64. The summed E-state index contributed by atoms with van der Waals surface area (Å²) in [6.45, 7) is 1.18. The van der Waals surface area contributed by atoms with E-state index in [1.54, 1.807) is 23.1 Å². The predicted molar refractivity (Wildman–Crippen MR) is 110 cm³/mol. The Hall–Kier alpha value is -3.81. The van der Waals surface area contributed by atoms with E-state index in [1.807, 2.05) is 30.3 Å². The van der Waals surface area contributed by atoms with E-state index in [2.05, 4.69) is 10.1 Å². The number of aromatic nitrogens is 2. The van der Waals surface area contributed by atoms with Crippen LogP contribution in [0.2, 0.25) is 0 Å². The Balaban J connectivity index is 1.40. The second-order valence-electron chi connectivity index (χ2n) is 7.13. The minimum Gasteiger partial charge on any atom is -0.339 e. The summed E-state index contributed by atoms with van der Waals surface area (Å²) in [5, 5.41) is 14.8. The average Bonchev–Trinajstić information content (AvgIpc) is 3.29. The SMILES string of the molecule is O=C(/C=C/c1ccc([N+](=O)[O-])cc1)N1CCC[C@@H](c2nc(-c3ccccc3)no2)C1. The number of carbonyl (C=O) groups excluding carboxylic acids is 1. The maximum Gasteiger partial charge on any atom is 0.269 e. The molecule has 0 aliphatic carbocycles. The number of benzene rings is 2. The molecule has 3 aromatic rings. The number of nitro groups is 1. The van der Waals surface area contributed by atoms with Crippen LogP contribution < -0.4 is 0 Å². The van der Waals surface area contributed by atoms with Crippen molar-refractivity contribution in [3.8, 4) is 11.4 Å². The second kappa shape index (κ2) is 8.69. The van der Waals surface area contributed by atoms with Crippen LogP contribution in [0.3, 0.4) is 0 Å². The van der Waals surface area contributed by atoms with Gasteiger partial charge in [0.15, 0.2) is 0 Å². The van der Waals surface area contributed by atoms with Gasteiger partial charge in [0, 0.05) is 36.9 Å². The minimum atomic E-state index is -0.451. The summed E-state index contributed by atoms with van der Waals surface area (Å²) in [7, 11) is 0.